The van der Waals surface area contributed by atoms with Crippen LogP contribution in [0.4, 0.5) is 10.5 Å². The van der Waals surface area contributed by atoms with Crippen LogP contribution in [0.25, 0.3) is 0 Å². The van der Waals surface area contributed by atoms with Crippen molar-refractivity contribution in [3.8, 4) is 0 Å². The van der Waals surface area contributed by atoms with Gasteiger partial charge in [-0.3, -0.25) is 5.32 Å². The van der Waals surface area contributed by atoms with Crippen LogP contribution in [0, 0.1) is 5.92 Å². The van der Waals surface area contributed by atoms with Gasteiger partial charge in [0.25, 0.3) is 0 Å². The largest absolute Gasteiger partial charge is 0.444 e. The Kier molecular flexibility index (Phi) is 4.25. The molecule has 0 bridgehead atoms. The van der Waals surface area contributed by atoms with Gasteiger partial charge in [0.1, 0.15) is 5.60 Å². The Hall–Kier alpha value is -1.26. The molecule has 20 heavy (non-hydrogen) atoms. The summed E-state index contributed by atoms with van der Waals surface area (Å²) in [6.07, 6.45) is 0.589. The molecule has 2 unspecified atom stereocenters. The number of hydrogen-bond acceptors (Lipinski definition) is 3. The van der Waals surface area contributed by atoms with Gasteiger partial charge in [0.05, 0.1) is 0 Å². The zero-order valence-electron chi connectivity index (χ0n) is 12.1. The average Bonchev–Trinajstić information content (AvgIpc) is 3.08. The van der Waals surface area contributed by atoms with Gasteiger partial charge >= 0.3 is 6.09 Å². The molecule has 3 N–H and O–H groups in total. The van der Waals surface area contributed by atoms with Crippen molar-refractivity contribution in [3.05, 3.63) is 28.8 Å². The van der Waals surface area contributed by atoms with E-state index in [0.29, 0.717) is 23.4 Å². The molecule has 0 spiro atoms. The third-order valence-corrected chi connectivity index (χ3v) is 3.51. The Bertz CT molecular complexity index is 511. The van der Waals surface area contributed by atoms with Crippen LogP contribution in [0.3, 0.4) is 0 Å². The molecule has 4 nitrogen and oxygen atoms in total. The van der Waals surface area contributed by atoms with Gasteiger partial charge in [-0.2, -0.15) is 0 Å². The number of halogens is 1. The molecule has 110 valence electrons. The third-order valence-electron chi connectivity index (χ3n) is 3.27. The van der Waals surface area contributed by atoms with Gasteiger partial charge < -0.3 is 10.5 Å². The van der Waals surface area contributed by atoms with Crippen molar-refractivity contribution in [2.45, 2.75) is 38.7 Å². The van der Waals surface area contributed by atoms with E-state index in [2.05, 4.69) is 5.32 Å². The number of nitrogens with two attached hydrogens (primary N) is 1. The van der Waals surface area contributed by atoms with E-state index in [1.807, 2.05) is 32.9 Å². The van der Waals surface area contributed by atoms with Crippen molar-refractivity contribution in [3.63, 3.8) is 0 Å². The summed E-state index contributed by atoms with van der Waals surface area (Å²) in [5.74, 6) is 0.858. The van der Waals surface area contributed by atoms with E-state index in [0.717, 1.165) is 17.7 Å². The Balaban J connectivity index is 2.13. The SMILES string of the molecule is CC(C)(C)OC(=O)Nc1ccc(Cl)cc1C1CC1CN. The first-order valence-corrected chi connectivity index (χ1v) is 7.17. The highest BCUT2D eigenvalue weighted by Gasteiger charge is 2.38. The topological polar surface area (TPSA) is 64.3 Å². The van der Waals surface area contributed by atoms with Crippen LogP contribution in [-0.4, -0.2) is 18.2 Å². The molecule has 1 aromatic carbocycles. The molecule has 1 aliphatic carbocycles. The molecule has 2 rings (SSSR count). The lowest BCUT2D eigenvalue weighted by molar-refractivity contribution is 0.0636. The van der Waals surface area contributed by atoms with Crippen molar-refractivity contribution < 1.29 is 9.53 Å². The van der Waals surface area contributed by atoms with Crippen molar-refractivity contribution >= 4 is 23.4 Å². The van der Waals surface area contributed by atoms with E-state index in [-0.39, 0.29) is 0 Å². The summed E-state index contributed by atoms with van der Waals surface area (Å²) in [6.45, 7) is 6.16. The van der Waals surface area contributed by atoms with Crippen LogP contribution in [0.2, 0.25) is 5.02 Å². The molecule has 1 fully saturated rings. The van der Waals surface area contributed by atoms with Gasteiger partial charge in [0.2, 0.25) is 0 Å². The molecule has 1 amide bonds. The number of hydrogen-bond donors (Lipinski definition) is 2. The minimum Gasteiger partial charge on any atom is -0.444 e. The summed E-state index contributed by atoms with van der Waals surface area (Å²) < 4.78 is 5.27. The van der Waals surface area contributed by atoms with Gasteiger partial charge in [-0.05, 0) is 69.3 Å². The summed E-state index contributed by atoms with van der Waals surface area (Å²) in [5, 5.41) is 3.46. The van der Waals surface area contributed by atoms with Gasteiger partial charge in [0, 0.05) is 10.7 Å². The average molecular weight is 297 g/mol. The highest BCUT2D eigenvalue weighted by Crippen LogP contribution is 2.49. The van der Waals surface area contributed by atoms with Gasteiger partial charge in [-0.1, -0.05) is 11.6 Å². The van der Waals surface area contributed by atoms with Gasteiger partial charge in [-0.25, -0.2) is 4.79 Å². The zero-order valence-corrected chi connectivity index (χ0v) is 12.8. The Labute approximate surface area is 124 Å². The van der Waals surface area contributed by atoms with Crippen LogP contribution in [0.1, 0.15) is 38.7 Å². The van der Waals surface area contributed by atoms with E-state index >= 15 is 0 Å². The fourth-order valence-electron chi connectivity index (χ4n) is 2.26. The molecular formula is C15H21ClN2O2. The maximum atomic E-state index is 11.9. The first-order valence-electron chi connectivity index (χ1n) is 6.79. The van der Waals surface area contributed by atoms with Crippen LogP contribution in [0.5, 0.6) is 0 Å². The van der Waals surface area contributed by atoms with E-state index in [9.17, 15) is 4.79 Å². The molecule has 5 heteroatoms. The summed E-state index contributed by atoms with van der Waals surface area (Å²) in [4.78, 5) is 11.9. The minimum atomic E-state index is -0.518. The lowest BCUT2D eigenvalue weighted by Gasteiger charge is -2.20. The van der Waals surface area contributed by atoms with Crippen LogP contribution in [-0.2, 0) is 4.74 Å². The predicted octanol–water partition coefficient (Wildman–Crippen LogP) is 3.75. The second-order valence-corrected chi connectivity index (χ2v) is 6.63. The first-order chi connectivity index (χ1) is 9.30. The second-order valence-electron chi connectivity index (χ2n) is 6.20. The molecule has 0 saturated heterocycles. The smallest absolute Gasteiger partial charge is 0.412 e. The number of nitrogens with one attached hydrogen (secondary N) is 1. The third kappa shape index (κ3) is 3.87. The van der Waals surface area contributed by atoms with Gasteiger partial charge in [0.15, 0.2) is 0 Å². The lowest BCUT2D eigenvalue weighted by Crippen LogP contribution is -2.27. The van der Waals surface area contributed by atoms with Crippen LogP contribution >= 0.6 is 11.6 Å². The Morgan fingerprint density at radius 2 is 2.20 bits per heavy atom. The van der Waals surface area contributed by atoms with E-state index in [1.165, 1.54) is 0 Å². The van der Waals surface area contributed by atoms with Crippen molar-refractivity contribution in [1.29, 1.82) is 0 Å². The highest BCUT2D eigenvalue weighted by molar-refractivity contribution is 6.30. The Morgan fingerprint density at radius 1 is 1.50 bits per heavy atom. The van der Waals surface area contributed by atoms with Crippen molar-refractivity contribution in [2.75, 3.05) is 11.9 Å². The van der Waals surface area contributed by atoms with E-state index < -0.39 is 11.7 Å². The monoisotopic (exact) mass is 296 g/mol. The lowest BCUT2D eigenvalue weighted by atomic mass is 10.1. The fourth-order valence-corrected chi connectivity index (χ4v) is 2.44. The highest BCUT2D eigenvalue weighted by atomic mass is 35.5. The molecular weight excluding hydrogens is 276 g/mol. The fraction of sp³-hybridized carbons (Fsp3) is 0.533. The molecule has 0 radical (unpaired) electrons. The normalized spacial score (nSPS) is 21.4. The molecule has 0 heterocycles. The van der Waals surface area contributed by atoms with Crippen LogP contribution < -0.4 is 11.1 Å². The number of ether oxygens (including phenoxy) is 1. The zero-order chi connectivity index (χ0) is 14.9. The maximum Gasteiger partial charge on any atom is 0.412 e. The summed E-state index contributed by atoms with van der Waals surface area (Å²) >= 11 is 6.05. The summed E-state index contributed by atoms with van der Waals surface area (Å²) in [7, 11) is 0. The number of anilines is 1. The quantitative estimate of drug-likeness (QED) is 0.893. The Morgan fingerprint density at radius 3 is 2.75 bits per heavy atom. The molecule has 0 aromatic heterocycles. The number of rotatable bonds is 3. The molecule has 2 atom stereocenters. The van der Waals surface area contributed by atoms with Crippen LogP contribution in [0.15, 0.2) is 18.2 Å². The molecule has 1 aliphatic rings. The van der Waals surface area contributed by atoms with E-state index in [4.69, 9.17) is 22.1 Å². The first kappa shape index (κ1) is 15.1. The number of amides is 1. The standard InChI is InChI=1S/C15H21ClN2O2/c1-15(2,3)20-14(19)18-13-5-4-10(16)7-12(13)11-6-9(11)8-17/h4-5,7,9,11H,6,8,17H2,1-3H3,(H,18,19). The predicted molar refractivity (Wildman–Crippen MR) is 81.2 cm³/mol. The molecule has 1 aromatic rings. The van der Waals surface area contributed by atoms with Crippen molar-refractivity contribution in [1.82, 2.24) is 0 Å². The second kappa shape index (κ2) is 5.62. The minimum absolute atomic E-state index is 0.378. The summed E-state index contributed by atoms with van der Waals surface area (Å²) in [6, 6.07) is 5.47. The molecule has 1 saturated carbocycles. The maximum absolute atomic E-state index is 11.9. The number of carbonyl (C=O) groups is 1. The number of carbonyl (C=O) groups excluding carboxylic acids is 1. The summed E-state index contributed by atoms with van der Waals surface area (Å²) in [5.41, 5.74) is 6.97. The van der Waals surface area contributed by atoms with Crippen molar-refractivity contribution in [2.24, 2.45) is 11.7 Å². The van der Waals surface area contributed by atoms with Gasteiger partial charge in [-0.15, -0.1) is 0 Å². The van der Waals surface area contributed by atoms with E-state index in [1.54, 1.807) is 6.07 Å². The molecule has 0 aliphatic heterocycles. The number of benzene rings is 1.